The molecule has 11 heteroatoms. The molecular weight excluding hydrogens is 503 g/mol. The predicted octanol–water partition coefficient (Wildman–Crippen LogP) is 2.47. The summed E-state index contributed by atoms with van der Waals surface area (Å²) >= 11 is 0. The molecule has 1 aliphatic carbocycles. The van der Waals surface area contributed by atoms with Gasteiger partial charge in [0.25, 0.3) is 11.8 Å². The van der Waals surface area contributed by atoms with Crippen molar-refractivity contribution in [3.05, 3.63) is 70.3 Å². The molecule has 0 bridgehead atoms. The van der Waals surface area contributed by atoms with Crippen LogP contribution in [0.15, 0.2) is 42.5 Å². The van der Waals surface area contributed by atoms with Gasteiger partial charge in [-0.2, -0.15) is 13.2 Å². The maximum absolute atomic E-state index is 13.3. The van der Waals surface area contributed by atoms with Crippen LogP contribution < -0.4 is 10.6 Å². The third-order valence-electron chi connectivity index (χ3n) is 7.46. The fourth-order valence-corrected chi connectivity index (χ4v) is 5.09. The average Bonchev–Trinajstić information content (AvgIpc) is 3.63. The first-order valence-electron chi connectivity index (χ1n) is 12.2. The molecule has 8 nitrogen and oxygen atoms in total. The lowest BCUT2D eigenvalue weighted by molar-refractivity contribution is -0.160. The molecule has 1 unspecified atom stereocenters. The van der Waals surface area contributed by atoms with E-state index in [1.54, 1.807) is 18.2 Å². The van der Waals surface area contributed by atoms with Crippen LogP contribution in [0, 0.1) is 0 Å². The Morgan fingerprint density at radius 3 is 2.34 bits per heavy atom. The second-order valence-corrected chi connectivity index (χ2v) is 9.95. The molecule has 2 aromatic rings. The smallest absolute Gasteiger partial charge is 0.345 e. The summed E-state index contributed by atoms with van der Waals surface area (Å²) in [6.45, 7) is 0.213. The Morgan fingerprint density at radius 2 is 1.71 bits per heavy atom. The number of carbonyl (C=O) groups is 5. The number of nitrogens with zero attached hydrogens (tertiary/aromatic N) is 1. The number of fused-ring (bicyclic) bond motifs is 1. The van der Waals surface area contributed by atoms with Gasteiger partial charge in [0.1, 0.15) is 6.04 Å². The van der Waals surface area contributed by atoms with E-state index >= 15 is 0 Å². The number of ketones is 1. The van der Waals surface area contributed by atoms with Gasteiger partial charge in [0.05, 0.1) is 5.41 Å². The van der Waals surface area contributed by atoms with Gasteiger partial charge in [0.15, 0.2) is 0 Å². The van der Waals surface area contributed by atoms with Crippen molar-refractivity contribution in [3.63, 3.8) is 0 Å². The molecule has 2 heterocycles. The van der Waals surface area contributed by atoms with E-state index in [2.05, 4.69) is 10.6 Å². The summed E-state index contributed by atoms with van der Waals surface area (Å²) in [7, 11) is 0. The molecule has 0 radical (unpaired) electrons. The number of hydrogen-bond donors (Lipinski definition) is 2. The topological polar surface area (TPSA) is 113 Å². The van der Waals surface area contributed by atoms with Crippen molar-refractivity contribution in [1.82, 2.24) is 15.5 Å². The zero-order valence-corrected chi connectivity index (χ0v) is 20.2. The molecule has 3 aliphatic rings. The Balaban J connectivity index is 1.16. The van der Waals surface area contributed by atoms with E-state index in [9.17, 15) is 37.1 Å². The van der Waals surface area contributed by atoms with E-state index in [1.807, 2.05) is 0 Å². The number of piperidine rings is 1. The maximum atomic E-state index is 13.3. The van der Waals surface area contributed by atoms with Crippen LogP contribution in [-0.4, -0.2) is 46.5 Å². The third kappa shape index (κ3) is 4.68. The van der Waals surface area contributed by atoms with Crippen molar-refractivity contribution < 1.29 is 37.1 Å². The first kappa shape index (κ1) is 25.6. The Hall–Kier alpha value is -4.02. The van der Waals surface area contributed by atoms with E-state index in [0.29, 0.717) is 22.3 Å². The molecular formula is C27H24F3N3O5. The average molecular weight is 527 g/mol. The van der Waals surface area contributed by atoms with Crippen LogP contribution in [0.4, 0.5) is 13.2 Å². The second kappa shape index (κ2) is 9.38. The number of benzene rings is 2. The van der Waals surface area contributed by atoms with Crippen molar-refractivity contribution in [2.24, 2.45) is 0 Å². The van der Waals surface area contributed by atoms with Gasteiger partial charge in [-0.3, -0.25) is 29.3 Å². The van der Waals surface area contributed by atoms with Gasteiger partial charge in [-0.1, -0.05) is 36.4 Å². The van der Waals surface area contributed by atoms with Crippen LogP contribution in [0.5, 0.6) is 0 Å². The molecule has 198 valence electrons. The second-order valence-electron chi connectivity index (χ2n) is 9.95. The first-order chi connectivity index (χ1) is 18.0. The summed E-state index contributed by atoms with van der Waals surface area (Å²) < 4.78 is 39.9. The highest BCUT2D eigenvalue weighted by molar-refractivity contribution is 6.36. The van der Waals surface area contributed by atoms with Gasteiger partial charge < -0.3 is 10.2 Å². The normalized spacial score (nSPS) is 20.1. The molecule has 2 N–H and O–H groups in total. The monoisotopic (exact) mass is 527 g/mol. The molecule has 0 spiro atoms. The van der Waals surface area contributed by atoms with Crippen LogP contribution in [0.3, 0.4) is 0 Å². The number of alkyl halides is 3. The Bertz CT molecular complexity index is 1350. The molecule has 38 heavy (non-hydrogen) atoms. The molecule has 2 fully saturated rings. The zero-order chi connectivity index (χ0) is 27.2. The van der Waals surface area contributed by atoms with Crippen molar-refractivity contribution in [2.45, 2.75) is 62.8 Å². The van der Waals surface area contributed by atoms with Crippen LogP contribution in [0.1, 0.15) is 58.3 Å². The summed E-state index contributed by atoms with van der Waals surface area (Å²) in [6.07, 6.45) is -4.07. The van der Waals surface area contributed by atoms with E-state index < -0.39 is 35.2 Å². The summed E-state index contributed by atoms with van der Waals surface area (Å²) in [4.78, 5) is 62.5. The number of halogens is 3. The van der Waals surface area contributed by atoms with Gasteiger partial charge in [-0.25, -0.2) is 0 Å². The van der Waals surface area contributed by atoms with Crippen LogP contribution in [-0.2, 0) is 44.1 Å². The third-order valence-corrected chi connectivity index (χ3v) is 7.46. The quantitative estimate of drug-likeness (QED) is 0.425. The van der Waals surface area contributed by atoms with E-state index in [4.69, 9.17) is 0 Å². The van der Waals surface area contributed by atoms with Crippen LogP contribution in [0.25, 0.3) is 0 Å². The molecule has 1 saturated heterocycles. The molecule has 2 aliphatic heterocycles. The summed E-state index contributed by atoms with van der Waals surface area (Å²) in [5.41, 5.74) is 0.558. The lowest BCUT2D eigenvalue weighted by Crippen LogP contribution is -2.52. The number of carbonyl (C=O) groups excluding carboxylic acids is 5. The SMILES string of the molecule is O=C1CCC(N2Cc3cc(CNC(=O)C(=O)Cc4ccc(C5(C(F)(F)F)CC5)cc4)ccc3C2=O)C(=O)N1. The predicted molar refractivity (Wildman–Crippen MR) is 126 cm³/mol. The van der Waals surface area contributed by atoms with Crippen molar-refractivity contribution >= 4 is 29.4 Å². The minimum atomic E-state index is -4.32. The summed E-state index contributed by atoms with van der Waals surface area (Å²) in [6, 6.07) is 9.85. The maximum Gasteiger partial charge on any atom is 0.398 e. The number of rotatable bonds is 7. The first-order valence-corrected chi connectivity index (χ1v) is 12.2. The Kier molecular flexibility index (Phi) is 6.32. The highest BCUT2D eigenvalue weighted by Crippen LogP contribution is 2.58. The summed E-state index contributed by atoms with van der Waals surface area (Å²) in [5.74, 6) is -2.74. The molecule has 5 rings (SSSR count). The lowest BCUT2D eigenvalue weighted by Gasteiger charge is -2.29. The van der Waals surface area contributed by atoms with Gasteiger partial charge in [-0.15, -0.1) is 0 Å². The minimum Gasteiger partial charge on any atom is -0.345 e. The van der Waals surface area contributed by atoms with Gasteiger partial charge in [-0.05, 0) is 47.6 Å². The van der Waals surface area contributed by atoms with Crippen molar-refractivity contribution in [2.75, 3.05) is 0 Å². The van der Waals surface area contributed by atoms with Crippen LogP contribution >= 0.6 is 0 Å². The molecule has 1 atom stereocenters. The van der Waals surface area contributed by atoms with Crippen molar-refractivity contribution in [1.29, 1.82) is 0 Å². The molecule has 0 aromatic heterocycles. The standard InChI is InChI=1S/C27H24F3N3O5/c28-27(29,30)26(9-10-26)18-4-1-15(2-5-18)12-21(34)24(37)31-13-16-3-6-19-17(11-16)14-33(25(19)38)20-7-8-22(35)32-23(20)36/h1-6,11,20H,7-10,12-14H2,(H,31,37)(H,32,35,36). The van der Waals surface area contributed by atoms with E-state index in [1.165, 1.54) is 29.2 Å². The fourth-order valence-electron chi connectivity index (χ4n) is 5.09. The van der Waals surface area contributed by atoms with E-state index in [-0.39, 0.29) is 62.6 Å². The summed E-state index contributed by atoms with van der Waals surface area (Å²) in [5, 5.41) is 4.78. The largest absolute Gasteiger partial charge is 0.398 e. The van der Waals surface area contributed by atoms with E-state index in [0.717, 1.165) is 0 Å². The van der Waals surface area contributed by atoms with Crippen LogP contribution in [0.2, 0.25) is 0 Å². The minimum absolute atomic E-state index is 0.0253. The number of nitrogens with one attached hydrogen (secondary N) is 2. The van der Waals surface area contributed by atoms with Gasteiger partial charge in [0, 0.05) is 31.5 Å². The Morgan fingerprint density at radius 1 is 1.03 bits per heavy atom. The molecule has 1 saturated carbocycles. The number of imide groups is 1. The molecule has 2 aromatic carbocycles. The van der Waals surface area contributed by atoms with Gasteiger partial charge in [0.2, 0.25) is 17.6 Å². The highest BCUT2D eigenvalue weighted by atomic mass is 19.4. The molecule has 4 amide bonds. The Labute approximate surface area is 215 Å². The number of hydrogen-bond acceptors (Lipinski definition) is 5. The van der Waals surface area contributed by atoms with Gasteiger partial charge >= 0.3 is 6.18 Å². The number of amides is 4. The highest BCUT2D eigenvalue weighted by Gasteiger charge is 2.64. The number of Topliss-reactive ketones (excluding diaryl/α,β-unsaturated/α-hetero) is 1. The van der Waals surface area contributed by atoms with Crippen molar-refractivity contribution in [3.8, 4) is 0 Å². The zero-order valence-electron chi connectivity index (χ0n) is 20.2. The fraction of sp³-hybridized carbons (Fsp3) is 0.370. The lowest BCUT2D eigenvalue weighted by atomic mass is 9.93.